The molecule has 2 aliphatic carbocycles. The molecule has 0 bridgehead atoms. The summed E-state index contributed by atoms with van der Waals surface area (Å²) in [6, 6.07) is 0. The molecule has 2 aliphatic rings. The van der Waals surface area contributed by atoms with E-state index in [9.17, 15) is 0 Å². The summed E-state index contributed by atoms with van der Waals surface area (Å²) >= 11 is 0. The monoisotopic (exact) mass is 222 g/mol. The summed E-state index contributed by atoms with van der Waals surface area (Å²) in [7, 11) is 0. The highest BCUT2D eigenvalue weighted by atomic mass is 14.0. The first-order chi connectivity index (χ1) is 8.34. The standard InChI is InChI=1S/C17H18/c1-15-7-6-10-17(12-11-15)14-13-16-8-4-2-3-5-9-16/h2-4,6,8-14H,5,7H2,1H3/b14-13+. The molecular formula is C17H18. The first-order valence-electron chi connectivity index (χ1n) is 6.10. The van der Waals surface area contributed by atoms with Gasteiger partial charge in [0.1, 0.15) is 0 Å². The maximum atomic E-state index is 2.23. The van der Waals surface area contributed by atoms with Crippen LogP contribution >= 0.6 is 0 Å². The molecule has 0 radical (unpaired) electrons. The summed E-state index contributed by atoms with van der Waals surface area (Å²) in [6.45, 7) is 2.16. The Balaban J connectivity index is 2.08. The van der Waals surface area contributed by atoms with Crippen LogP contribution in [0.5, 0.6) is 0 Å². The zero-order valence-electron chi connectivity index (χ0n) is 10.3. The Morgan fingerprint density at radius 1 is 0.941 bits per heavy atom. The molecule has 0 atom stereocenters. The highest BCUT2D eigenvalue weighted by Gasteiger charge is 1.93. The molecule has 0 N–H and O–H groups in total. The summed E-state index contributed by atoms with van der Waals surface area (Å²) in [6.07, 6.45) is 25.9. The molecule has 0 nitrogen and oxygen atoms in total. The molecule has 0 aromatic rings. The fourth-order valence-electron chi connectivity index (χ4n) is 1.77. The fourth-order valence-corrected chi connectivity index (χ4v) is 1.77. The van der Waals surface area contributed by atoms with Gasteiger partial charge >= 0.3 is 0 Å². The van der Waals surface area contributed by atoms with Gasteiger partial charge in [0.25, 0.3) is 0 Å². The fraction of sp³-hybridized carbons (Fsp3) is 0.176. The second-order valence-electron chi connectivity index (χ2n) is 4.35. The van der Waals surface area contributed by atoms with Crippen LogP contribution in [0.25, 0.3) is 0 Å². The van der Waals surface area contributed by atoms with Crippen molar-refractivity contribution in [3.63, 3.8) is 0 Å². The second-order valence-corrected chi connectivity index (χ2v) is 4.35. The van der Waals surface area contributed by atoms with Gasteiger partial charge in [0, 0.05) is 0 Å². The van der Waals surface area contributed by atoms with E-state index in [4.69, 9.17) is 0 Å². The molecule has 0 saturated carbocycles. The number of hydrogen-bond donors (Lipinski definition) is 0. The molecule has 0 fully saturated rings. The van der Waals surface area contributed by atoms with Crippen molar-refractivity contribution in [1.82, 2.24) is 0 Å². The van der Waals surface area contributed by atoms with Crippen molar-refractivity contribution >= 4 is 0 Å². The van der Waals surface area contributed by atoms with E-state index in [0.29, 0.717) is 0 Å². The third-order valence-corrected chi connectivity index (χ3v) is 2.80. The topological polar surface area (TPSA) is 0 Å². The molecule has 0 aliphatic heterocycles. The van der Waals surface area contributed by atoms with Gasteiger partial charge in [-0.2, -0.15) is 0 Å². The Hall–Kier alpha value is -1.82. The van der Waals surface area contributed by atoms with E-state index < -0.39 is 0 Å². The quantitative estimate of drug-likeness (QED) is 0.628. The lowest BCUT2D eigenvalue weighted by molar-refractivity contribution is 1.22. The molecule has 86 valence electrons. The van der Waals surface area contributed by atoms with Gasteiger partial charge < -0.3 is 0 Å². The molecule has 0 heterocycles. The smallest absolute Gasteiger partial charge is 0.0135 e. The van der Waals surface area contributed by atoms with E-state index in [1.165, 1.54) is 16.7 Å². The number of hydrogen-bond acceptors (Lipinski definition) is 0. The first kappa shape index (κ1) is 11.7. The summed E-state index contributed by atoms with van der Waals surface area (Å²) < 4.78 is 0. The van der Waals surface area contributed by atoms with Crippen molar-refractivity contribution in [1.29, 1.82) is 0 Å². The SMILES string of the molecule is CC1=CC=C(/C=C/C2=CCC=CC=C2)C=CC1. The average Bonchev–Trinajstić information content (AvgIpc) is 2.69. The molecule has 0 aromatic heterocycles. The van der Waals surface area contributed by atoms with Gasteiger partial charge in [0.05, 0.1) is 0 Å². The predicted octanol–water partition coefficient (Wildman–Crippen LogP) is 4.82. The molecule has 0 heteroatoms. The molecular weight excluding hydrogens is 204 g/mol. The van der Waals surface area contributed by atoms with E-state index in [1.807, 2.05) is 0 Å². The van der Waals surface area contributed by atoms with Gasteiger partial charge in [0.2, 0.25) is 0 Å². The summed E-state index contributed by atoms with van der Waals surface area (Å²) in [5, 5.41) is 0. The van der Waals surface area contributed by atoms with Crippen LogP contribution in [0.15, 0.2) is 83.6 Å². The van der Waals surface area contributed by atoms with Crippen molar-refractivity contribution in [3.8, 4) is 0 Å². The Morgan fingerprint density at radius 2 is 1.82 bits per heavy atom. The van der Waals surface area contributed by atoms with Crippen LogP contribution < -0.4 is 0 Å². The van der Waals surface area contributed by atoms with Crippen LogP contribution in [0, 0.1) is 0 Å². The van der Waals surface area contributed by atoms with Crippen LogP contribution in [0.4, 0.5) is 0 Å². The molecule has 17 heavy (non-hydrogen) atoms. The van der Waals surface area contributed by atoms with E-state index in [-0.39, 0.29) is 0 Å². The Kier molecular flexibility index (Phi) is 4.15. The molecule has 0 aromatic carbocycles. The maximum Gasteiger partial charge on any atom is -0.0135 e. The van der Waals surface area contributed by atoms with Crippen LogP contribution in [0.2, 0.25) is 0 Å². The summed E-state index contributed by atoms with van der Waals surface area (Å²) in [4.78, 5) is 0. The Labute approximate surface area is 104 Å². The molecule has 0 spiro atoms. The molecule has 0 amide bonds. The second kappa shape index (κ2) is 6.05. The highest BCUT2D eigenvalue weighted by molar-refractivity contribution is 5.43. The minimum Gasteiger partial charge on any atom is -0.0807 e. The molecule has 0 saturated heterocycles. The van der Waals surface area contributed by atoms with Gasteiger partial charge in [-0.3, -0.25) is 0 Å². The largest absolute Gasteiger partial charge is 0.0807 e. The Morgan fingerprint density at radius 3 is 2.76 bits per heavy atom. The van der Waals surface area contributed by atoms with Crippen LogP contribution in [0.3, 0.4) is 0 Å². The number of rotatable bonds is 2. The lowest BCUT2D eigenvalue weighted by atomic mass is 10.1. The minimum absolute atomic E-state index is 1.01. The third-order valence-electron chi connectivity index (χ3n) is 2.80. The minimum atomic E-state index is 1.01. The van der Waals surface area contributed by atoms with Crippen molar-refractivity contribution in [2.75, 3.05) is 0 Å². The van der Waals surface area contributed by atoms with Crippen molar-refractivity contribution in [3.05, 3.63) is 83.6 Å². The van der Waals surface area contributed by atoms with E-state index in [0.717, 1.165) is 12.8 Å². The van der Waals surface area contributed by atoms with Crippen LogP contribution in [-0.4, -0.2) is 0 Å². The normalized spacial score (nSPS) is 19.7. The van der Waals surface area contributed by atoms with E-state index in [2.05, 4.69) is 73.8 Å². The first-order valence-corrected chi connectivity index (χ1v) is 6.10. The average molecular weight is 222 g/mol. The maximum absolute atomic E-state index is 2.23. The third kappa shape index (κ3) is 3.92. The number of allylic oxidation sites excluding steroid dienone is 14. The summed E-state index contributed by atoms with van der Waals surface area (Å²) in [5.41, 5.74) is 3.94. The predicted molar refractivity (Wildman–Crippen MR) is 75.7 cm³/mol. The van der Waals surface area contributed by atoms with Crippen molar-refractivity contribution in [2.24, 2.45) is 0 Å². The van der Waals surface area contributed by atoms with Gasteiger partial charge in [-0.25, -0.2) is 0 Å². The highest BCUT2D eigenvalue weighted by Crippen LogP contribution is 2.13. The van der Waals surface area contributed by atoms with E-state index in [1.54, 1.807) is 0 Å². The zero-order chi connectivity index (χ0) is 11.9. The molecule has 0 unspecified atom stereocenters. The van der Waals surface area contributed by atoms with Gasteiger partial charge in [-0.05, 0) is 30.9 Å². The van der Waals surface area contributed by atoms with Crippen molar-refractivity contribution < 1.29 is 0 Å². The Bertz CT molecular complexity index is 474. The van der Waals surface area contributed by atoms with Gasteiger partial charge in [-0.1, -0.05) is 72.4 Å². The van der Waals surface area contributed by atoms with Crippen molar-refractivity contribution in [2.45, 2.75) is 19.8 Å². The molecule has 2 rings (SSSR count). The van der Waals surface area contributed by atoms with Crippen LogP contribution in [0.1, 0.15) is 19.8 Å². The lowest BCUT2D eigenvalue weighted by Gasteiger charge is -1.93. The zero-order valence-corrected chi connectivity index (χ0v) is 10.3. The van der Waals surface area contributed by atoms with Crippen LogP contribution in [-0.2, 0) is 0 Å². The lowest BCUT2D eigenvalue weighted by Crippen LogP contribution is -1.73. The van der Waals surface area contributed by atoms with Gasteiger partial charge in [-0.15, -0.1) is 0 Å². The van der Waals surface area contributed by atoms with E-state index >= 15 is 0 Å². The summed E-state index contributed by atoms with van der Waals surface area (Å²) in [5.74, 6) is 0. The van der Waals surface area contributed by atoms with Gasteiger partial charge in [0.15, 0.2) is 0 Å².